The minimum absolute atomic E-state index is 0.0370. The number of carbonyl (C=O) groups excluding carboxylic acids is 2. The summed E-state index contributed by atoms with van der Waals surface area (Å²) in [5, 5.41) is 2.65. The molecule has 0 radical (unpaired) electrons. The van der Waals surface area contributed by atoms with E-state index in [-0.39, 0.29) is 29.5 Å². The number of halogens is 2. The van der Waals surface area contributed by atoms with Crippen molar-refractivity contribution in [1.29, 1.82) is 0 Å². The Labute approximate surface area is 133 Å². The molecule has 1 heterocycles. The zero-order valence-corrected chi connectivity index (χ0v) is 13.0. The third kappa shape index (κ3) is 4.42. The van der Waals surface area contributed by atoms with Crippen molar-refractivity contribution in [2.45, 2.75) is 25.9 Å². The van der Waals surface area contributed by atoms with Crippen LogP contribution >= 0.6 is 11.6 Å². The summed E-state index contributed by atoms with van der Waals surface area (Å²) in [5.41, 5.74) is 0.381. The molecule has 1 N–H and O–H groups in total. The van der Waals surface area contributed by atoms with Crippen LogP contribution in [0.2, 0.25) is 5.02 Å². The van der Waals surface area contributed by atoms with Crippen LogP contribution in [0.3, 0.4) is 0 Å². The summed E-state index contributed by atoms with van der Waals surface area (Å²) < 4.78 is 18.6. The Bertz CT molecular complexity index is 562. The molecule has 2 amide bonds. The van der Waals surface area contributed by atoms with Gasteiger partial charge in [0, 0.05) is 25.8 Å². The number of hydrogen-bond acceptors (Lipinski definition) is 3. The van der Waals surface area contributed by atoms with Gasteiger partial charge in [0.1, 0.15) is 12.4 Å². The lowest BCUT2D eigenvalue weighted by atomic mass is 10.2. The van der Waals surface area contributed by atoms with Crippen molar-refractivity contribution >= 4 is 29.1 Å². The van der Waals surface area contributed by atoms with Gasteiger partial charge in [-0.05, 0) is 31.0 Å². The molecule has 0 bridgehead atoms. The SMILES string of the molecule is CC(=O)N(CC(=O)NCC1CCCO1)c1ccc(F)c(Cl)c1. The molecule has 1 saturated heterocycles. The van der Waals surface area contributed by atoms with E-state index >= 15 is 0 Å². The molecule has 1 aliphatic rings. The highest BCUT2D eigenvalue weighted by Crippen LogP contribution is 2.22. The van der Waals surface area contributed by atoms with E-state index in [2.05, 4.69) is 5.32 Å². The topological polar surface area (TPSA) is 58.6 Å². The fourth-order valence-electron chi connectivity index (χ4n) is 2.27. The van der Waals surface area contributed by atoms with Crippen molar-refractivity contribution in [2.24, 2.45) is 0 Å². The number of rotatable bonds is 5. The van der Waals surface area contributed by atoms with Crippen LogP contribution in [0.15, 0.2) is 18.2 Å². The minimum atomic E-state index is -0.572. The Balaban J connectivity index is 1.97. The summed E-state index contributed by atoms with van der Waals surface area (Å²) in [4.78, 5) is 24.9. The lowest BCUT2D eigenvalue weighted by Crippen LogP contribution is -2.42. The number of benzene rings is 1. The van der Waals surface area contributed by atoms with E-state index in [1.54, 1.807) is 0 Å². The summed E-state index contributed by atoms with van der Waals surface area (Å²) in [6.45, 7) is 2.33. The molecule has 1 aromatic rings. The fraction of sp³-hybridized carbons (Fsp3) is 0.467. The third-order valence-corrected chi connectivity index (χ3v) is 3.74. The lowest BCUT2D eigenvalue weighted by Gasteiger charge is -2.21. The van der Waals surface area contributed by atoms with E-state index in [9.17, 15) is 14.0 Å². The molecule has 1 unspecified atom stereocenters. The second kappa shape index (κ2) is 7.56. The zero-order chi connectivity index (χ0) is 16.1. The van der Waals surface area contributed by atoms with Gasteiger partial charge in [-0.1, -0.05) is 11.6 Å². The van der Waals surface area contributed by atoms with Gasteiger partial charge in [-0.2, -0.15) is 0 Å². The van der Waals surface area contributed by atoms with Gasteiger partial charge in [0.25, 0.3) is 0 Å². The molecule has 1 aromatic carbocycles. The van der Waals surface area contributed by atoms with Crippen LogP contribution in [0.4, 0.5) is 10.1 Å². The van der Waals surface area contributed by atoms with E-state index in [1.165, 1.54) is 24.0 Å². The number of carbonyl (C=O) groups is 2. The highest BCUT2D eigenvalue weighted by molar-refractivity contribution is 6.31. The first-order valence-electron chi connectivity index (χ1n) is 7.09. The predicted octanol–water partition coefficient (Wildman–Crippen LogP) is 2.13. The van der Waals surface area contributed by atoms with Gasteiger partial charge in [0.05, 0.1) is 11.1 Å². The summed E-state index contributed by atoms with van der Waals surface area (Å²) in [6.07, 6.45) is 1.95. The molecule has 120 valence electrons. The average molecular weight is 329 g/mol. The monoisotopic (exact) mass is 328 g/mol. The van der Waals surface area contributed by atoms with Crippen molar-refractivity contribution in [3.05, 3.63) is 29.0 Å². The summed E-state index contributed by atoms with van der Waals surface area (Å²) >= 11 is 5.72. The smallest absolute Gasteiger partial charge is 0.240 e. The molecule has 1 atom stereocenters. The Kier molecular flexibility index (Phi) is 5.74. The molecule has 1 aliphatic heterocycles. The number of anilines is 1. The standard InChI is InChI=1S/C15H18ClFN2O3/c1-10(20)19(11-4-5-14(17)13(16)7-11)9-15(21)18-8-12-3-2-6-22-12/h4-5,7,12H,2-3,6,8-9H2,1H3,(H,18,21). The molecule has 7 heteroatoms. The molecule has 0 aliphatic carbocycles. The number of nitrogens with one attached hydrogen (secondary N) is 1. The minimum Gasteiger partial charge on any atom is -0.376 e. The first-order valence-corrected chi connectivity index (χ1v) is 7.46. The van der Waals surface area contributed by atoms with Gasteiger partial charge in [-0.3, -0.25) is 9.59 Å². The summed E-state index contributed by atoms with van der Waals surface area (Å²) in [5.74, 6) is -1.20. The van der Waals surface area contributed by atoms with E-state index in [0.29, 0.717) is 18.8 Å². The maximum absolute atomic E-state index is 13.2. The van der Waals surface area contributed by atoms with Gasteiger partial charge in [0.2, 0.25) is 11.8 Å². The molecule has 0 aromatic heterocycles. The Morgan fingerprint density at radius 1 is 1.50 bits per heavy atom. The van der Waals surface area contributed by atoms with Gasteiger partial charge in [-0.25, -0.2) is 4.39 Å². The normalized spacial score (nSPS) is 17.3. The van der Waals surface area contributed by atoms with Gasteiger partial charge < -0.3 is 15.0 Å². The van der Waals surface area contributed by atoms with Crippen LogP contribution in [0.25, 0.3) is 0 Å². The molecule has 22 heavy (non-hydrogen) atoms. The van der Waals surface area contributed by atoms with Crippen LogP contribution in [0, 0.1) is 5.82 Å². The van der Waals surface area contributed by atoms with Crippen LogP contribution in [-0.2, 0) is 14.3 Å². The Morgan fingerprint density at radius 2 is 2.27 bits per heavy atom. The van der Waals surface area contributed by atoms with Gasteiger partial charge in [0.15, 0.2) is 0 Å². The van der Waals surface area contributed by atoms with E-state index in [1.807, 2.05) is 0 Å². The van der Waals surface area contributed by atoms with Crippen LogP contribution in [0.5, 0.6) is 0 Å². The number of amides is 2. The van der Waals surface area contributed by atoms with Crippen LogP contribution in [0.1, 0.15) is 19.8 Å². The number of ether oxygens (including phenoxy) is 1. The second-order valence-electron chi connectivity index (χ2n) is 5.14. The van der Waals surface area contributed by atoms with Crippen molar-refractivity contribution in [1.82, 2.24) is 5.32 Å². The Morgan fingerprint density at radius 3 is 2.86 bits per heavy atom. The van der Waals surface area contributed by atoms with Crippen molar-refractivity contribution < 1.29 is 18.7 Å². The van der Waals surface area contributed by atoms with E-state index in [0.717, 1.165) is 18.9 Å². The Hall–Kier alpha value is -1.66. The summed E-state index contributed by atoms with van der Waals surface area (Å²) in [7, 11) is 0. The van der Waals surface area contributed by atoms with Crippen LogP contribution < -0.4 is 10.2 Å². The molecule has 0 saturated carbocycles. The van der Waals surface area contributed by atoms with Crippen molar-refractivity contribution in [3.8, 4) is 0 Å². The van der Waals surface area contributed by atoms with Gasteiger partial charge >= 0.3 is 0 Å². The van der Waals surface area contributed by atoms with Crippen molar-refractivity contribution in [3.63, 3.8) is 0 Å². The van der Waals surface area contributed by atoms with Crippen LogP contribution in [-0.4, -0.2) is 37.6 Å². The van der Waals surface area contributed by atoms with E-state index < -0.39 is 5.82 Å². The average Bonchev–Trinajstić information content (AvgIpc) is 2.98. The first kappa shape index (κ1) is 16.7. The molecule has 2 rings (SSSR count). The fourth-order valence-corrected chi connectivity index (χ4v) is 2.44. The summed E-state index contributed by atoms with van der Waals surface area (Å²) in [6, 6.07) is 3.90. The third-order valence-electron chi connectivity index (χ3n) is 3.45. The molecule has 1 fully saturated rings. The quantitative estimate of drug-likeness (QED) is 0.900. The largest absolute Gasteiger partial charge is 0.376 e. The molecular formula is C15H18ClFN2O3. The molecule has 0 spiro atoms. The maximum Gasteiger partial charge on any atom is 0.240 e. The highest BCUT2D eigenvalue weighted by Gasteiger charge is 2.19. The number of hydrogen-bond donors (Lipinski definition) is 1. The second-order valence-corrected chi connectivity index (χ2v) is 5.55. The lowest BCUT2D eigenvalue weighted by molar-refractivity contribution is -0.123. The van der Waals surface area contributed by atoms with Gasteiger partial charge in [-0.15, -0.1) is 0 Å². The first-order chi connectivity index (χ1) is 10.5. The molecular weight excluding hydrogens is 311 g/mol. The zero-order valence-electron chi connectivity index (χ0n) is 12.3. The van der Waals surface area contributed by atoms with Crippen molar-refractivity contribution in [2.75, 3.05) is 24.6 Å². The number of nitrogens with zero attached hydrogens (tertiary/aromatic N) is 1. The van der Waals surface area contributed by atoms with E-state index in [4.69, 9.17) is 16.3 Å². The maximum atomic E-state index is 13.2. The highest BCUT2D eigenvalue weighted by atomic mass is 35.5. The molecule has 5 nitrogen and oxygen atoms in total. The predicted molar refractivity (Wildman–Crippen MR) is 81.4 cm³/mol.